The molecule has 0 bridgehead atoms. The molecule has 1 aliphatic heterocycles. The maximum atomic E-state index is 14.9. The fourth-order valence-corrected chi connectivity index (χ4v) is 7.56. The van der Waals surface area contributed by atoms with Crippen LogP contribution < -0.4 is 42.8 Å². The molecule has 0 radical (unpaired) electrons. The summed E-state index contributed by atoms with van der Waals surface area (Å²) in [6, 6.07) is -2.83. The van der Waals surface area contributed by atoms with E-state index in [0.29, 0.717) is 43.8 Å². The van der Waals surface area contributed by atoms with Crippen LogP contribution >= 0.6 is 0 Å². The predicted molar refractivity (Wildman–Crippen MR) is 278 cm³/mol. The Hall–Kier alpha value is -6.31. The van der Waals surface area contributed by atoms with E-state index < -0.39 is 138 Å². The van der Waals surface area contributed by atoms with Crippen LogP contribution in [0.15, 0.2) is 24.3 Å². The number of benzene rings is 1. The quantitative estimate of drug-likeness (QED) is 0.0419. The Morgan fingerprint density at radius 3 is 1.85 bits per heavy atom. The molecule has 10 unspecified atom stereocenters. The van der Waals surface area contributed by atoms with Crippen LogP contribution in [0, 0.1) is 35.5 Å². The molecule has 10 atom stereocenters. The van der Waals surface area contributed by atoms with Crippen LogP contribution in [0.4, 0.5) is 0 Å². The fourth-order valence-electron chi connectivity index (χ4n) is 7.56. The first-order chi connectivity index (χ1) is 35.0. The van der Waals surface area contributed by atoms with E-state index in [4.69, 9.17) is 30.4 Å². The average Bonchev–Trinajstić information content (AvgIpc) is 3.86. The number of aliphatic carboxylic acids is 1. The van der Waals surface area contributed by atoms with Crippen LogP contribution in [-0.2, 0) is 63.8 Å². The van der Waals surface area contributed by atoms with Crippen LogP contribution in [0.1, 0.15) is 127 Å². The molecule has 1 aliphatic rings. The summed E-state index contributed by atoms with van der Waals surface area (Å²) in [5.74, 6) is -4.43. The Labute approximate surface area is 441 Å². The van der Waals surface area contributed by atoms with Crippen LogP contribution in [0.5, 0.6) is 5.75 Å². The second-order valence-corrected chi connectivity index (χ2v) is 20.8. The Bertz CT molecular complexity index is 2160. The second-order valence-electron chi connectivity index (χ2n) is 20.8. The van der Waals surface area contributed by atoms with E-state index in [1.54, 1.807) is 72.7 Å². The molecule has 420 valence electrons. The van der Waals surface area contributed by atoms with Crippen molar-refractivity contribution in [2.75, 3.05) is 20.3 Å². The largest absolute Gasteiger partial charge is 0.488 e. The van der Waals surface area contributed by atoms with Gasteiger partial charge in [-0.15, -0.1) is 0 Å². The molecule has 0 aromatic heterocycles. The van der Waals surface area contributed by atoms with Crippen molar-refractivity contribution in [3.63, 3.8) is 0 Å². The van der Waals surface area contributed by atoms with Crippen molar-refractivity contribution < 1.29 is 67.2 Å². The zero-order valence-corrected chi connectivity index (χ0v) is 46.0. The third kappa shape index (κ3) is 22.2. The first-order valence-corrected chi connectivity index (χ1v) is 25.7. The number of nitrogens with zero attached hydrogens (tertiary/aromatic N) is 1. The number of primary amides is 1. The summed E-state index contributed by atoms with van der Waals surface area (Å²) in [6.45, 7) is 21.4. The van der Waals surface area contributed by atoms with Gasteiger partial charge in [-0.1, -0.05) is 92.2 Å². The standard InChI is InChI=1S/C53H84N8O14/c1-14-31(7)42(58-46(64)36(54)23-24-41-72-25-26-73-41)50(68)61(13)39(28-34-19-21-35(22-20-34)75-53(10,11)12)48(66)59-43(32(8)15-2)52(71)74-33(9)44(49(67)57-38(51(69)70)27-29(3)4)60-47(65)37(17-16-18-40(55)62)56-45(63)30(5)6/h19-22,29-33,36-39,41-44H,14-15,18,23-28,54H2,1-13H3,(H2,55,62)(H,56,63)(H,57,67)(H,58,64)(H,59,66)(H,60,65)(H,69,70). The van der Waals surface area contributed by atoms with Crippen LogP contribution in [0.3, 0.4) is 0 Å². The van der Waals surface area contributed by atoms with Crippen LogP contribution in [0.2, 0.25) is 0 Å². The van der Waals surface area contributed by atoms with Crippen molar-refractivity contribution in [2.45, 2.75) is 188 Å². The molecule has 75 heavy (non-hydrogen) atoms. The van der Waals surface area contributed by atoms with E-state index in [2.05, 4.69) is 38.4 Å². The normalized spacial score (nSPS) is 16.7. The molecule has 22 heteroatoms. The molecule has 1 saturated heterocycles. The minimum Gasteiger partial charge on any atom is -0.488 e. The number of ether oxygens (including phenoxy) is 4. The number of nitrogens with one attached hydrogen (secondary N) is 5. The number of carboxylic acids is 1. The van der Waals surface area contributed by atoms with Crippen molar-refractivity contribution >= 4 is 53.3 Å². The molecule has 1 heterocycles. The summed E-state index contributed by atoms with van der Waals surface area (Å²) in [7, 11) is 1.42. The number of likely N-dealkylation sites (N-methyl/N-ethyl adjacent to an activating group) is 1. The maximum Gasteiger partial charge on any atom is 0.329 e. The summed E-state index contributed by atoms with van der Waals surface area (Å²) in [6.07, 6.45) is -1.29. The number of rotatable bonds is 29. The molecule has 1 fully saturated rings. The van der Waals surface area contributed by atoms with Gasteiger partial charge in [0.15, 0.2) is 12.3 Å². The number of carbonyl (C=O) groups is 9. The van der Waals surface area contributed by atoms with E-state index in [1.807, 2.05) is 27.7 Å². The Morgan fingerprint density at radius 1 is 0.773 bits per heavy atom. The van der Waals surface area contributed by atoms with Gasteiger partial charge in [-0.25, -0.2) is 9.59 Å². The van der Waals surface area contributed by atoms with Gasteiger partial charge in [-0.05, 0) is 76.0 Å². The molecule has 0 spiro atoms. The highest BCUT2D eigenvalue weighted by molar-refractivity contribution is 5.97. The van der Waals surface area contributed by atoms with E-state index >= 15 is 0 Å². The minimum absolute atomic E-state index is 0.0132. The molecule has 22 nitrogen and oxygen atoms in total. The smallest absolute Gasteiger partial charge is 0.329 e. The number of hydrogen-bond acceptors (Lipinski definition) is 14. The van der Waals surface area contributed by atoms with E-state index in [9.17, 15) is 48.3 Å². The van der Waals surface area contributed by atoms with Gasteiger partial charge in [-0.2, -0.15) is 0 Å². The number of amides is 7. The highest BCUT2D eigenvalue weighted by Gasteiger charge is 2.40. The maximum absolute atomic E-state index is 14.9. The van der Waals surface area contributed by atoms with Gasteiger partial charge in [0.25, 0.3) is 5.91 Å². The Kier molecular flexibility index (Phi) is 26.7. The first-order valence-electron chi connectivity index (χ1n) is 25.7. The van der Waals surface area contributed by atoms with Crippen molar-refractivity contribution in [3.8, 4) is 17.6 Å². The number of esters is 1. The highest BCUT2D eigenvalue weighted by Crippen LogP contribution is 2.22. The lowest BCUT2D eigenvalue weighted by Crippen LogP contribution is -2.61. The van der Waals surface area contributed by atoms with Gasteiger partial charge in [0.05, 0.1) is 25.7 Å². The third-order valence-corrected chi connectivity index (χ3v) is 12.4. The monoisotopic (exact) mass is 1060 g/mol. The van der Waals surface area contributed by atoms with Gasteiger partial charge >= 0.3 is 11.9 Å². The van der Waals surface area contributed by atoms with E-state index in [1.165, 1.54) is 18.9 Å². The molecule has 1 aromatic rings. The number of carboxylic acid groups (broad SMARTS) is 1. The fraction of sp³-hybridized carbons (Fsp3) is 0.679. The lowest BCUT2D eigenvalue weighted by Gasteiger charge is -2.35. The lowest BCUT2D eigenvalue weighted by atomic mass is 9.95. The van der Waals surface area contributed by atoms with Gasteiger partial charge in [-0.3, -0.25) is 33.6 Å². The molecule has 10 N–H and O–H groups in total. The van der Waals surface area contributed by atoms with Gasteiger partial charge in [0, 0.05) is 25.8 Å². The summed E-state index contributed by atoms with van der Waals surface area (Å²) < 4.78 is 22.9. The lowest BCUT2D eigenvalue weighted by molar-refractivity contribution is -0.158. The second kappa shape index (κ2) is 30.9. The zero-order chi connectivity index (χ0) is 56.9. The number of nitrogens with two attached hydrogens (primary N) is 2. The molecular weight excluding hydrogens is 973 g/mol. The van der Waals surface area contributed by atoms with Crippen molar-refractivity contribution in [1.82, 2.24) is 31.5 Å². The first kappa shape index (κ1) is 64.8. The minimum atomic E-state index is -1.81. The number of carbonyl (C=O) groups excluding carboxylic acids is 8. The Morgan fingerprint density at radius 2 is 1.33 bits per heavy atom. The van der Waals surface area contributed by atoms with E-state index in [-0.39, 0.29) is 25.2 Å². The van der Waals surface area contributed by atoms with Crippen molar-refractivity contribution in [3.05, 3.63) is 29.8 Å². The van der Waals surface area contributed by atoms with Crippen LogP contribution in [0.25, 0.3) is 0 Å². The molecule has 2 rings (SSSR count). The van der Waals surface area contributed by atoms with Crippen LogP contribution in [-0.4, -0.2) is 144 Å². The number of hydrogen-bond donors (Lipinski definition) is 8. The van der Waals surface area contributed by atoms with Gasteiger partial charge in [0.1, 0.15) is 47.7 Å². The topological polar surface area (TPSA) is 326 Å². The average molecular weight is 1060 g/mol. The van der Waals surface area contributed by atoms with Gasteiger partial charge < -0.3 is 67.0 Å². The summed E-state index contributed by atoms with van der Waals surface area (Å²) in [5, 5.41) is 22.9. The molecular formula is C53H84N8O14. The van der Waals surface area contributed by atoms with Crippen molar-refractivity contribution in [1.29, 1.82) is 0 Å². The zero-order valence-electron chi connectivity index (χ0n) is 46.0. The predicted octanol–water partition coefficient (Wildman–Crippen LogP) is 1.83. The highest BCUT2D eigenvalue weighted by atomic mass is 16.7. The van der Waals surface area contributed by atoms with Gasteiger partial charge in [0.2, 0.25) is 35.4 Å². The van der Waals surface area contributed by atoms with E-state index in [0.717, 1.165) is 0 Å². The summed E-state index contributed by atoms with van der Waals surface area (Å²) >= 11 is 0. The molecule has 0 aliphatic carbocycles. The molecule has 1 aromatic carbocycles. The molecule has 0 saturated carbocycles. The Balaban J connectivity index is 2.63. The summed E-state index contributed by atoms with van der Waals surface area (Å²) in [5.41, 5.74) is 11.6. The SMILES string of the molecule is CCC(C)C(NC(=O)C(Cc1ccc(OC(C)(C)C)cc1)N(C)C(=O)C(NC(=O)C(N)CCC1OCCO1)C(C)CC)C(=O)OC(C)C(NC(=O)C(C#CCC(N)=O)NC(=O)C(C)C)C(=O)NC(CC(C)C)C(=O)O. The summed E-state index contributed by atoms with van der Waals surface area (Å²) in [4.78, 5) is 123. The molecule has 7 amide bonds. The van der Waals surface area contributed by atoms with Crippen molar-refractivity contribution in [2.24, 2.45) is 35.1 Å². The third-order valence-electron chi connectivity index (χ3n) is 12.4.